The monoisotopic (exact) mass is 640 g/mol. The molecule has 0 radical (unpaired) electrons. The van der Waals surface area contributed by atoms with E-state index in [4.69, 9.17) is 23.2 Å². The molecule has 1 fully saturated rings. The Bertz CT molecular complexity index is 1840. The summed E-state index contributed by atoms with van der Waals surface area (Å²) in [6, 6.07) is 12.2. The highest BCUT2D eigenvalue weighted by Gasteiger charge is 2.67. The molecule has 228 valence electrons. The second-order valence-corrected chi connectivity index (χ2v) is 13.1. The van der Waals surface area contributed by atoms with Crippen molar-refractivity contribution >= 4 is 56.4 Å². The molecule has 1 saturated carbocycles. The van der Waals surface area contributed by atoms with Gasteiger partial charge in [0, 0.05) is 41.6 Å². The van der Waals surface area contributed by atoms with Crippen LogP contribution in [0.4, 0.5) is 24.5 Å². The summed E-state index contributed by atoms with van der Waals surface area (Å²) in [6.45, 7) is 6.82. The number of hydrazine groups is 2. The topological polar surface area (TPSA) is 101 Å². The van der Waals surface area contributed by atoms with Crippen molar-refractivity contribution in [2.45, 2.75) is 51.4 Å². The molecule has 0 bridgehead atoms. The Hall–Kier alpha value is -3.98. The molecule has 2 aromatic heterocycles. The van der Waals surface area contributed by atoms with Crippen LogP contribution in [0.25, 0.3) is 21.8 Å². The summed E-state index contributed by atoms with van der Waals surface area (Å²) >= 11 is 13.2. The molecule has 44 heavy (non-hydrogen) atoms. The Kier molecular flexibility index (Phi) is 7.43. The largest absolute Gasteiger partial charge is 0.413 e. The van der Waals surface area contributed by atoms with Crippen LogP contribution >= 0.6 is 23.2 Å². The van der Waals surface area contributed by atoms with Gasteiger partial charge in [-0.2, -0.15) is 18.4 Å². The molecule has 2 aromatic carbocycles. The lowest BCUT2D eigenvalue weighted by Crippen LogP contribution is -2.52. The van der Waals surface area contributed by atoms with Crippen LogP contribution in [0, 0.1) is 16.7 Å². The maximum atomic E-state index is 14.0. The van der Waals surface area contributed by atoms with Gasteiger partial charge < -0.3 is 16.1 Å². The molecule has 1 aliphatic heterocycles. The first-order chi connectivity index (χ1) is 20.8. The Labute approximate surface area is 262 Å². The zero-order chi connectivity index (χ0) is 31.4. The number of hydrogen-bond acceptors (Lipinski definition) is 8. The zero-order valence-electron chi connectivity index (χ0n) is 24.1. The molecule has 0 saturated heterocycles. The molecule has 4 N–H and O–H groups in total. The number of rotatable bonds is 7. The number of nitriles is 1. The molecule has 0 unspecified atom stereocenters. The van der Waals surface area contributed by atoms with Crippen molar-refractivity contribution < 1.29 is 13.2 Å². The van der Waals surface area contributed by atoms with E-state index in [-0.39, 0.29) is 18.3 Å². The number of alkyl halides is 3. The van der Waals surface area contributed by atoms with E-state index in [1.165, 1.54) is 12.4 Å². The van der Waals surface area contributed by atoms with Crippen LogP contribution in [0.2, 0.25) is 10.0 Å². The number of aromatic nitrogens is 2. The minimum absolute atomic E-state index is 0.0142. The molecule has 8 nitrogen and oxygen atoms in total. The zero-order valence-corrected chi connectivity index (χ0v) is 25.6. The third-order valence-electron chi connectivity index (χ3n) is 7.83. The van der Waals surface area contributed by atoms with Crippen LogP contribution in [0.3, 0.4) is 0 Å². The minimum atomic E-state index is -4.42. The van der Waals surface area contributed by atoms with Gasteiger partial charge in [-0.25, -0.2) is 0 Å². The number of nitrogens with zero attached hydrogens (tertiary/aromatic N) is 4. The van der Waals surface area contributed by atoms with Crippen LogP contribution in [0.5, 0.6) is 0 Å². The van der Waals surface area contributed by atoms with E-state index in [2.05, 4.69) is 58.4 Å². The van der Waals surface area contributed by atoms with Gasteiger partial charge in [0.2, 0.25) is 0 Å². The Morgan fingerprint density at radius 2 is 1.82 bits per heavy atom. The second-order valence-electron chi connectivity index (χ2n) is 12.3. The van der Waals surface area contributed by atoms with Gasteiger partial charge in [-0.1, -0.05) is 56.1 Å². The van der Waals surface area contributed by atoms with Gasteiger partial charge in [0.1, 0.15) is 6.07 Å². The lowest BCUT2D eigenvalue weighted by Gasteiger charge is -2.28. The maximum Gasteiger partial charge on any atom is 0.413 e. The van der Waals surface area contributed by atoms with Crippen molar-refractivity contribution in [1.29, 1.82) is 5.26 Å². The third kappa shape index (κ3) is 5.42. The van der Waals surface area contributed by atoms with Gasteiger partial charge in [-0.15, -0.1) is 5.53 Å². The number of halogens is 5. The Morgan fingerprint density at radius 3 is 2.50 bits per heavy atom. The van der Waals surface area contributed by atoms with E-state index in [1.807, 2.05) is 18.2 Å². The van der Waals surface area contributed by atoms with Crippen LogP contribution < -0.4 is 21.6 Å². The normalized spacial score (nSPS) is 16.8. The molecule has 2 aliphatic rings. The lowest BCUT2D eigenvalue weighted by atomic mass is 9.96. The van der Waals surface area contributed by atoms with Crippen LogP contribution in [-0.4, -0.2) is 33.2 Å². The summed E-state index contributed by atoms with van der Waals surface area (Å²) in [6.07, 6.45) is 0.125. The minimum Gasteiger partial charge on any atom is -0.383 e. The maximum absolute atomic E-state index is 14.0. The number of benzene rings is 2. The molecule has 1 aliphatic carbocycles. The van der Waals surface area contributed by atoms with Crippen LogP contribution in [-0.2, 0) is 0 Å². The third-order valence-corrected chi connectivity index (χ3v) is 8.42. The van der Waals surface area contributed by atoms with Gasteiger partial charge in [0.25, 0.3) is 0 Å². The van der Waals surface area contributed by atoms with Crippen LogP contribution in [0.1, 0.15) is 50.8 Å². The van der Waals surface area contributed by atoms with Gasteiger partial charge >= 0.3 is 6.18 Å². The standard InChI is InChI=1S/C31H29Cl2F3N8/c1-29(2,3)16-40-25-17(13-37)14-39-27-21(25)11-18(12-23(27)33)41-28(20-6-7-22(32)26-19(20)5-4-10-38-26)24-15-44(43-42-24)30(8-9-30)31(34,35)36/h4-7,10-12,14-15,28,41-43H,8-9,16H2,1-3H3,(H,39,40)/t28-/m0/s1. The Balaban J connectivity index is 1.48. The van der Waals surface area contributed by atoms with Crippen LogP contribution in [0.15, 0.2) is 60.7 Å². The summed E-state index contributed by atoms with van der Waals surface area (Å²) in [5.41, 5.74) is 7.39. The smallest absolute Gasteiger partial charge is 0.383 e. The number of fused-ring (bicyclic) bond motifs is 2. The van der Waals surface area contributed by atoms with Crippen molar-refractivity contribution in [2.24, 2.45) is 5.41 Å². The molecular formula is C31H29Cl2F3N8. The highest BCUT2D eigenvalue weighted by Crippen LogP contribution is 2.54. The fraction of sp³-hybridized carbons (Fsp3) is 0.323. The molecule has 4 aromatic rings. The fourth-order valence-electron chi connectivity index (χ4n) is 5.36. The van der Waals surface area contributed by atoms with Crippen molar-refractivity contribution in [1.82, 2.24) is 25.9 Å². The second kappa shape index (κ2) is 10.9. The van der Waals surface area contributed by atoms with E-state index in [0.29, 0.717) is 55.6 Å². The molecule has 13 heteroatoms. The number of anilines is 2. The fourth-order valence-corrected chi connectivity index (χ4v) is 5.84. The van der Waals surface area contributed by atoms with Gasteiger partial charge in [-0.3, -0.25) is 15.0 Å². The van der Waals surface area contributed by atoms with Crippen molar-refractivity contribution in [2.75, 3.05) is 17.2 Å². The van der Waals surface area contributed by atoms with E-state index in [0.717, 1.165) is 16.0 Å². The van der Waals surface area contributed by atoms with Gasteiger partial charge in [0.05, 0.1) is 44.1 Å². The summed E-state index contributed by atoms with van der Waals surface area (Å²) < 4.78 is 42.0. The van der Waals surface area contributed by atoms with E-state index in [1.54, 1.807) is 24.4 Å². The molecule has 6 rings (SSSR count). The summed E-state index contributed by atoms with van der Waals surface area (Å²) in [4.78, 5) is 8.88. The van der Waals surface area contributed by atoms with Gasteiger partial charge in [-0.05, 0) is 48.1 Å². The van der Waals surface area contributed by atoms with E-state index in [9.17, 15) is 18.4 Å². The molecule has 1 atom stereocenters. The number of nitrogens with one attached hydrogen (secondary N) is 4. The van der Waals surface area contributed by atoms with Crippen molar-refractivity contribution in [3.05, 3.63) is 81.9 Å². The average Bonchev–Trinajstić information content (AvgIpc) is 3.66. The Morgan fingerprint density at radius 1 is 1.07 bits per heavy atom. The highest BCUT2D eigenvalue weighted by molar-refractivity contribution is 6.36. The quantitative estimate of drug-likeness (QED) is 0.162. The number of pyridine rings is 2. The van der Waals surface area contributed by atoms with E-state index >= 15 is 0 Å². The first-order valence-corrected chi connectivity index (χ1v) is 14.7. The number of hydrogen-bond donors (Lipinski definition) is 4. The van der Waals surface area contributed by atoms with E-state index < -0.39 is 17.8 Å². The van der Waals surface area contributed by atoms with Crippen molar-refractivity contribution in [3.8, 4) is 6.07 Å². The molecule has 3 heterocycles. The summed E-state index contributed by atoms with van der Waals surface area (Å²) in [7, 11) is 0. The predicted molar refractivity (Wildman–Crippen MR) is 167 cm³/mol. The first kappa shape index (κ1) is 30.1. The van der Waals surface area contributed by atoms with Crippen molar-refractivity contribution in [3.63, 3.8) is 0 Å². The average molecular weight is 642 g/mol. The summed E-state index contributed by atoms with van der Waals surface area (Å²) in [5, 5.41) is 20.0. The molecule has 0 amide bonds. The highest BCUT2D eigenvalue weighted by atomic mass is 35.5. The molecular weight excluding hydrogens is 612 g/mol. The summed E-state index contributed by atoms with van der Waals surface area (Å²) in [5.74, 6) is 0. The van der Waals surface area contributed by atoms with Gasteiger partial charge in [0.15, 0.2) is 5.54 Å². The lowest BCUT2D eigenvalue weighted by molar-refractivity contribution is -0.195. The predicted octanol–water partition coefficient (Wildman–Crippen LogP) is 7.83. The molecule has 0 spiro atoms. The SMILES string of the molecule is CC(C)(C)CNc1c(C#N)cnc2c(Cl)cc(N[C@H](C3=CN(C4(C(F)(F)F)CC4)NN3)c3ccc(Cl)c4ncccc34)cc12. The first-order valence-electron chi connectivity index (χ1n) is 14.0.